The van der Waals surface area contributed by atoms with Gasteiger partial charge in [0.25, 0.3) is 0 Å². The predicted molar refractivity (Wildman–Crippen MR) is 112 cm³/mol. The molecule has 0 amide bonds. The van der Waals surface area contributed by atoms with Gasteiger partial charge in [-0.25, -0.2) is 0 Å². The topological polar surface area (TPSA) is 39.7 Å². The minimum Gasteiger partial charge on any atom is -0.490 e. The van der Waals surface area contributed by atoms with Crippen LogP contribution in [0.15, 0.2) is 40.9 Å². The lowest BCUT2D eigenvalue weighted by Crippen LogP contribution is -2.25. The van der Waals surface area contributed by atoms with Crippen LogP contribution in [0.1, 0.15) is 36.5 Å². The SMILES string of the molecule is CCOc1cc(CNCC2CCCO2)cc(Br)c1OCc1ccc(C)cc1. The van der Waals surface area contributed by atoms with E-state index >= 15 is 0 Å². The van der Waals surface area contributed by atoms with Crippen LogP contribution in [0.25, 0.3) is 0 Å². The lowest BCUT2D eigenvalue weighted by Gasteiger charge is -2.16. The fourth-order valence-electron chi connectivity index (χ4n) is 3.15. The van der Waals surface area contributed by atoms with Crippen molar-refractivity contribution in [2.45, 2.75) is 45.9 Å². The van der Waals surface area contributed by atoms with Crippen LogP contribution in [-0.4, -0.2) is 25.9 Å². The van der Waals surface area contributed by atoms with Gasteiger partial charge in [-0.15, -0.1) is 0 Å². The van der Waals surface area contributed by atoms with Crippen molar-refractivity contribution in [3.8, 4) is 11.5 Å². The van der Waals surface area contributed by atoms with Crippen LogP contribution >= 0.6 is 15.9 Å². The molecule has 0 saturated carbocycles. The summed E-state index contributed by atoms with van der Waals surface area (Å²) in [5.74, 6) is 1.52. The van der Waals surface area contributed by atoms with Crippen molar-refractivity contribution in [3.63, 3.8) is 0 Å². The second-order valence-electron chi connectivity index (χ2n) is 6.88. The molecular weight excluding hydrogens is 406 g/mol. The normalized spacial score (nSPS) is 16.5. The summed E-state index contributed by atoms with van der Waals surface area (Å²) in [5.41, 5.74) is 3.54. The van der Waals surface area contributed by atoms with Gasteiger partial charge >= 0.3 is 0 Å². The number of ether oxygens (including phenoxy) is 3. The van der Waals surface area contributed by atoms with Crippen LogP contribution in [0, 0.1) is 6.92 Å². The maximum atomic E-state index is 6.07. The summed E-state index contributed by atoms with van der Waals surface area (Å²) < 4.78 is 18.5. The molecule has 0 aliphatic carbocycles. The first-order valence-electron chi connectivity index (χ1n) is 9.61. The summed E-state index contributed by atoms with van der Waals surface area (Å²) in [6, 6.07) is 12.5. The smallest absolute Gasteiger partial charge is 0.175 e. The minimum atomic E-state index is 0.344. The van der Waals surface area contributed by atoms with Gasteiger partial charge in [-0.3, -0.25) is 0 Å². The van der Waals surface area contributed by atoms with E-state index in [-0.39, 0.29) is 0 Å². The highest BCUT2D eigenvalue weighted by molar-refractivity contribution is 9.10. The van der Waals surface area contributed by atoms with E-state index in [0.29, 0.717) is 19.3 Å². The summed E-state index contributed by atoms with van der Waals surface area (Å²) in [6.07, 6.45) is 2.66. The zero-order valence-corrected chi connectivity index (χ0v) is 17.7. The lowest BCUT2D eigenvalue weighted by atomic mass is 10.1. The number of benzene rings is 2. The standard InChI is InChI=1S/C22H28BrNO3/c1-3-25-21-12-18(13-24-14-19-5-4-10-26-19)11-20(23)22(21)27-15-17-8-6-16(2)7-9-17/h6-9,11-12,19,24H,3-5,10,13-15H2,1-2H3. The first kappa shape index (κ1) is 20.2. The van der Waals surface area contributed by atoms with E-state index in [1.807, 2.05) is 6.92 Å². The van der Waals surface area contributed by atoms with Crippen molar-refractivity contribution in [1.82, 2.24) is 5.32 Å². The first-order chi connectivity index (χ1) is 13.2. The molecule has 2 aromatic rings. The molecule has 5 heteroatoms. The van der Waals surface area contributed by atoms with Crippen molar-refractivity contribution < 1.29 is 14.2 Å². The molecule has 0 radical (unpaired) electrons. The molecule has 27 heavy (non-hydrogen) atoms. The Morgan fingerprint density at radius 1 is 1.15 bits per heavy atom. The van der Waals surface area contributed by atoms with Crippen LogP contribution < -0.4 is 14.8 Å². The van der Waals surface area contributed by atoms with E-state index in [0.717, 1.165) is 53.2 Å². The Kier molecular flexibility index (Phi) is 7.56. The van der Waals surface area contributed by atoms with Crippen molar-refractivity contribution in [2.24, 2.45) is 0 Å². The molecule has 0 aromatic heterocycles. The fraction of sp³-hybridized carbons (Fsp3) is 0.455. The summed E-state index contributed by atoms with van der Waals surface area (Å²) in [6.45, 7) is 7.72. The summed E-state index contributed by atoms with van der Waals surface area (Å²) in [4.78, 5) is 0. The molecule has 1 unspecified atom stereocenters. The van der Waals surface area contributed by atoms with Crippen molar-refractivity contribution in [2.75, 3.05) is 19.8 Å². The number of rotatable bonds is 9. The number of nitrogens with one attached hydrogen (secondary N) is 1. The van der Waals surface area contributed by atoms with Crippen LogP contribution in [0.5, 0.6) is 11.5 Å². The van der Waals surface area contributed by atoms with E-state index in [1.54, 1.807) is 0 Å². The Balaban J connectivity index is 1.64. The molecule has 1 saturated heterocycles. The highest BCUT2D eigenvalue weighted by Crippen LogP contribution is 2.37. The van der Waals surface area contributed by atoms with Crippen molar-refractivity contribution in [3.05, 3.63) is 57.6 Å². The Morgan fingerprint density at radius 3 is 2.67 bits per heavy atom. The second kappa shape index (κ2) is 10.1. The van der Waals surface area contributed by atoms with Gasteiger partial charge in [0.05, 0.1) is 17.2 Å². The monoisotopic (exact) mass is 433 g/mol. The van der Waals surface area contributed by atoms with Gasteiger partial charge in [0.1, 0.15) is 6.61 Å². The van der Waals surface area contributed by atoms with Crippen LogP contribution in [0.4, 0.5) is 0 Å². The molecule has 3 rings (SSSR count). The third-order valence-electron chi connectivity index (χ3n) is 4.60. The zero-order chi connectivity index (χ0) is 19.1. The highest BCUT2D eigenvalue weighted by atomic mass is 79.9. The average molecular weight is 434 g/mol. The summed E-state index contributed by atoms with van der Waals surface area (Å²) >= 11 is 3.65. The molecule has 2 aromatic carbocycles. The van der Waals surface area contributed by atoms with Crippen LogP contribution in [0.2, 0.25) is 0 Å². The van der Waals surface area contributed by atoms with Gasteiger partial charge in [-0.05, 0) is 65.9 Å². The van der Waals surface area contributed by atoms with E-state index in [2.05, 4.69) is 64.6 Å². The summed E-state index contributed by atoms with van der Waals surface area (Å²) in [7, 11) is 0. The van der Waals surface area contributed by atoms with Crippen molar-refractivity contribution >= 4 is 15.9 Å². The van der Waals surface area contributed by atoms with Gasteiger partial charge in [0.15, 0.2) is 11.5 Å². The molecule has 1 N–H and O–H groups in total. The number of hydrogen-bond donors (Lipinski definition) is 1. The fourth-order valence-corrected chi connectivity index (χ4v) is 3.75. The Morgan fingerprint density at radius 2 is 1.96 bits per heavy atom. The molecular formula is C22H28BrNO3. The maximum absolute atomic E-state index is 6.07. The van der Waals surface area contributed by atoms with Gasteiger partial charge < -0.3 is 19.5 Å². The molecule has 1 atom stereocenters. The molecule has 1 fully saturated rings. The molecule has 0 bridgehead atoms. The largest absolute Gasteiger partial charge is 0.490 e. The van der Waals surface area contributed by atoms with E-state index < -0.39 is 0 Å². The number of hydrogen-bond acceptors (Lipinski definition) is 4. The maximum Gasteiger partial charge on any atom is 0.175 e. The third-order valence-corrected chi connectivity index (χ3v) is 5.19. The van der Waals surface area contributed by atoms with E-state index in [4.69, 9.17) is 14.2 Å². The molecule has 1 heterocycles. The zero-order valence-electron chi connectivity index (χ0n) is 16.1. The Labute approximate surface area is 170 Å². The quantitative estimate of drug-likeness (QED) is 0.603. The van der Waals surface area contributed by atoms with E-state index in [1.165, 1.54) is 12.0 Å². The predicted octanol–water partition coefficient (Wildman–Crippen LogP) is 5.00. The van der Waals surface area contributed by atoms with Gasteiger partial charge in [0, 0.05) is 19.7 Å². The van der Waals surface area contributed by atoms with Crippen molar-refractivity contribution in [1.29, 1.82) is 0 Å². The molecule has 146 valence electrons. The number of halogens is 1. The highest BCUT2D eigenvalue weighted by Gasteiger charge is 2.16. The molecule has 1 aliphatic heterocycles. The number of aryl methyl sites for hydroxylation is 1. The molecule has 4 nitrogen and oxygen atoms in total. The summed E-state index contributed by atoms with van der Waals surface area (Å²) in [5, 5.41) is 3.48. The van der Waals surface area contributed by atoms with Gasteiger partial charge in [-0.1, -0.05) is 29.8 Å². The first-order valence-corrected chi connectivity index (χ1v) is 10.4. The second-order valence-corrected chi connectivity index (χ2v) is 7.73. The lowest BCUT2D eigenvalue weighted by molar-refractivity contribution is 0.110. The minimum absolute atomic E-state index is 0.344. The molecule has 0 spiro atoms. The molecule has 1 aliphatic rings. The van der Waals surface area contributed by atoms with Gasteiger partial charge in [0.2, 0.25) is 0 Å². The Bertz CT molecular complexity index is 727. The van der Waals surface area contributed by atoms with Crippen LogP contribution in [-0.2, 0) is 17.9 Å². The Hall–Kier alpha value is -1.56. The third kappa shape index (κ3) is 5.96. The average Bonchev–Trinajstić information content (AvgIpc) is 3.16. The van der Waals surface area contributed by atoms with E-state index in [9.17, 15) is 0 Å². The van der Waals surface area contributed by atoms with Gasteiger partial charge in [-0.2, -0.15) is 0 Å². The van der Waals surface area contributed by atoms with Crippen LogP contribution in [0.3, 0.4) is 0 Å².